The number of piperazine rings is 1. The van der Waals surface area contributed by atoms with Gasteiger partial charge in [-0.15, -0.1) is 24.8 Å². The number of likely N-dealkylation sites (N-methyl/N-ethyl adjacent to an activating group) is 1. The lowest BCUT2D eigenvalue weighted by Gasteiger charge is -2.35. The molecule has 1 fully saturated rings. The number of halogens is 2. The normalized spacial score (nSPS) is 16.6. The van der Waals surface area contributed by atoms with Gasteiger partial charge in [0, 0.05) is 26.2 Å². The third-order valence-electron chi connectivity index (χ3n) is 3.75. The molecular weight excluding hydrogens is 309 g/mol. The van der Waals surface area contributed by atoms with Crippen LogP contribution in [0.1, 0.15) is 12.5 Å². The van der Waals surface area contributed by atoms with Crippen LogP contribution in [0, 0.1) is 0 Å². The molecule has 0 aromatic heterocycles. The minimum atomic E-state index is -0.421. The molecule has 0 aliphatic carbocycles. The predicted molar refractivity (Wildman–Crippen MR) is 91.3 cm³/mol. The Kier molecular flexibility index (Phi) is 9.62. The number of carbonyl (C=O) groups excluding carboxylic acids is 1. The van der Waals surface area contributed by atoms with E-state index >= 15 is 0 Å². The van der Waals surface area contributed by atoms with Crippen molar-refractivity contribution in [3.8, 4) is 0 Å². The molecule has 0 bridgehead atoms. The van der Waals surface area contributed by atoms with Gasteiger partial charge in [0.15, 0.2) is 0 Å². The van der Waals surface area contributed by atoms with Crippen molar-refractivity contribution in [3.05, 3.63) is 35.9 Å². The van der Waals surface area contributed by atoms with Crippen LogP contribution in [0.25, 0.3) is 0 Å². The fraction of sp³-hybridized carbons (Fsp3) is 0.533. The van der Waals surface area contributed by atoms with Crippen LogP contribution in [-0.2, 0) is 11.2 Å². The summed E-state index contributed by atoms with van der Waals surface area (Å²) in [7, 11) is 0. The number of hydrogen-bond donors (Lipinski definition) is 1. The zero-order chi connectivity index (χ0) is 13.7. The molecule has 0 unspecified atom stereocenters. The molecule has 1 heterocycles. The summed E-state index contributed by atoms with van der Waals surface area (Å²) in [4.78, 5) is 16.5. The van der Waals surface area contributed by atoms with Crippen LogP contribution in [-0.4, -0.2) is 54.5 Å². The van der Waals surface area contributed by atoms with Crippen molar-refractivity contribution in [2.75, 3.05) is 32.7 Å². The first-order valence-electron chi connectivity index (χ1n) is 7.01. The summed E-state index contributed by atoms with van der Waals surface area (Å²) in [5.74, 6) is 0.0830. The highest BCUT2D eigenvalue weighted by Crippen LogP contribution is 2.07. The highest BCUT2D eigenvalue weighted by Gasteiger charge is 2.24. The third kappa shape index (κ3) is 5.83. The second kappa shape index (κ2) is 10.0. The summed E-state index contributed by atoms with van der Waals surface area (Å²) < 4.78 is 0. The Morgan fingerprint density at radius 3 is 2.24 bits per heavy atom. The Morgan fingerprint density at radius 2 is 1.71 bits per heavy atom. The Labute approximate surface area is 139 Å². The molecule has 0 saturated carbocycles. The van der Waals surface area contributed by atoms with Crippen molar-refractivity contribution in [2.24, 2.45) is 5.73 Å². The van der Waals surface area contributed by atoms with Crippen molar-refractivity contribution < 1.29 is 4.79 Å². The third-order valence-corrected chi connectivity index (χ3v) is 3.75. The SMILES string of the molecule is CCN1CCN(C(=O)[C@@H](N)Cc2ccccc2)CC1.Cl.Cl. The standard InChI is InChI=1S/C15H23N3O.2ClH/c1-2-17-8-10-18(11-9-17)15(19)14(16)12-13-6-4-3-5-7-13;;/h3-7,14H,2,8-12,16H2,1H3;2*1H/t14-;;/m0../s1. The van der Waals surface area contributed by atoms with Crippen molar-refractivity contribution in [2.45, 2.75) is 19.4 Å². The molecule has 2 rings (SSSR count). The van der Waals surface area contributed by atoms with Gasteiger partial charge in [-0.25, -0.2) is 0 Å². The summed E-state index contributed by atoms with van der Waals surface area (Å²) >= 11 is 0. The maximum atomic E-state index is 12.3. The van der Waals surface area contributed by atoms with Crippen LogP contribution in [0.2, 0.25) is 0 Å². The molecule has 0 spiro atoms. The average Bonchev–Trinajstić information content (AvgIpc) is 2.47. The molecule has 1 aliphatic heterocycles. The summed E-state index contributed by atoms with van der Waals surface area (Å²) in [5, 5.41) is 0. The lowest BCUT2D eigenvalue weighted by atomic mass is 10.1. The van der Waals surface area contributed by atoms with Crippen LogP contribution < -0.4 is 5.73 Å². The number of hydrogen-bond acceptors (Lipinski definition) is 3. The highest BCUT2D eigenvalue weighted by molar-refractivity contribution is 5.85. The van der Waals surface area contributed by atoms with E-state index in [9.17, 15) is 4.79 Å². The van der Waals surface area contributed by atoms with Crippen LogP contribution in [0.5, 0.6) is 0 Å². The van der Waals surface area contributed by atoms with Crippen LogP contribution in [0.15, 0.2) is 30.3 Å². The zero-order valence-electron chi connectivity index (χ0n) is 12.4. The van der Waals surface area contributed by atoms with E-state index in [-0.39, 0.29) is 30.7 Å². The smallest absolute Gasteiger partial charge is 0.239 e. The quantitative estimate of drug-likeness (QED) is 0.909. The van der Waals surface area contributed by atoms with Crippen molar-refractivity contribution in [1.82, 2.24) is 9.80 Å². The molecule has 1 aliphatic rings. The van der Waals surface area contributed by atoms with Gasteiger partial charge in [-0.05, 0) is 18.5 Å². The lowest BCUT2D eigenvalue weighted by molar-refractivity contribution is -0.134. The van der Waals surface area contributed by atoms with Crippen LogP contribution in [0.3, 0.4) is 0 Å². The lowest BCUT2D eigenvalue weighted by Crippen LogP contribution is -2.53. The number of amides is 1. The van der Waals surface area contributed by atoms with Crippen molar-refractivity contribution >= 4 is 30.7 Å². The van der Waals surface area contributed by atoms with E-state index < -0.39 is 6.04 Å². The molecule has 1 atom stereocenters. The first-order chi connectivity index (χ1) is 9.20. The Morgan fingerprint density at radius 1 is 1.14 bits per heavy atom. The topological polar surface area (TPSA) is 49.6 Å². The summed E-state index contributed by atoms with van der Waals surface area (Å²) in [5.41, 5.74) is 7.16. The Balaban J connectivity index is 0.00000200. The Bertz CT molecular complexity index is 409. The van der Waals surface area contributed by atoms with E-state index in [1.54, 1.807) is 0 Å². The number of benzene rings is 1. The van der Waals surface area contributed by atoms with Gasteiger partial charge in [-0.1, -0.05) is 37.3 Å². The van der Waals surface area contributed by atoms with Gasteiger partial charge in [-0.3, -0.25) is 4.79 Å². The van der Waals surface area contributed by atoms with Gasteiger partial charge >= 0.3 is 0 Å². The maximum Gasteiger partial charge on any atom is 0.239 e. The molecule has 21 heavy (non-hydrogen) atoms. The van der Waals surface area contributed by atoms with Crippen LogP contribution in [0.4, 0.5) is 0 Å². The molecule has 1 amide bonds. The molecule has 1 aromatic rings. The molecule has 1 aromatic carbocycles. The van der Waals surface area contributed by atoms with Crippen molar-refractivity contribution in [3.63, 3.8) is 0 Å². The zero-order valence-corrected chi connectivity index (χ0v) is 14.0. The van der Waals surface area contributed by atoms with Gasteiger partial charge in [0.1, 0.15) is 0 Å². The molecule has 6 heteroatoms. The Hall–Kier alpha value is -0.810. The minimum absolute atomic E-state index is 0. The first-order valence-corrected chi connectivity index (χ1v) is 7.01. The highest BCUT2D eigenvalue weighted by atomic mass is 35.5. The molecular formula is C15H25Cl2N3O. The largest absolute Gasteiger partial charge is 0.339 e. The minimum Gasteiger partial charge on any atom is -0.339 e. The van der Waals surface area contributed by atoms with E-state index in [2.05, 4.69) is 11.8 Å². The second-order valence-electron chi connectivity index (χ2n) is 5.06. The van der Waals surface area contributed by atoms with E-state index in [1.165, 1.54) is 0 Å². The van der Waals surface area contributed by atoms with E-state index in [0.717, 1.165) is 38.3 Å². The van der Waals surface area contributed by atoms with Gasteiger partial charge in [0.25, 0.3) is 0 Å². The number of nitrogens with zero attached hydrogens (tertiary/aromatic N) is 2. The number of carbonyl (C=O) groups is 1. The second-order valence-corrected chi connectivity index (χ2v) is 5.06. The number of rotatable bonds is 4. The first kappa shape index (κ1) is 20.2. The summed E-state index contributed by atoms with van der Waals surface area (Å²) in [6.07, 6.45) is 0.619. The molecule has 0 radical (unpaired) electrons. The summed E-state index contributed by atoms with van der Waals surface area (Å²) in [6.45, 7) is 6.72. The molecule has 1 saturated heterocycles. The molecule has 4 nitrogen and oxygen atoms in total. The predicted octanol–water partition coefficient (Wildman–Crippen LogP) is 1.56. The fourth-order valence-corrected chi connectivity index (χ4v) is 2.47. The maximum absolute atomic E-state index is 12.3. The monoisotopic (exact) mass is 333 g/mol. The molecule has 120 valence electrons. The van der Waals surface area contributed by atoms with Gasteiger partial charge in [0.05, 0.1) is 6.04 Å². The van der Waals surface area contributed by atoms with E-state index in [4.69, 9.17) is 5.73 Å². The van der Waals surface area contributed by atoms with Gasteiger partial charge in [-0.2, -0.15) is 0 Å². The van der Waals surface area contributed by atoms with Gasteiger partial charge in [0.2, 0.25) is 5.91 Å². The fourth-order valence-electron chi connectivity index (χ4n) is 2.47. The van der Waals surface area contributed by atoms with Crippen LogP contribution >= 0.6 is 24.8 Å². The molecule has 2 N–H and O–H groups in total. The van der Waals surface area contributed by atoms with Gasteiger partial charge < -0.3 is 15.5 Å². The van der Waals surface area contributed by atoms with Crippen molar-refractivity contribution in [1.29, 1.82) is 0 Å². The number of nitrogens with two attached hydrogens (primary N) is 1. The summed E-state index contributed by atoms with van der Waals surface area (Å²) in [6, 6.07) is 9.54. The average molecular weight is 334 g/mol. The van der Waals surface area contributed by atoms with E-state index in [1.807, 2.05) is 35.2 Å². The van der Waals surface area contributed by atoms with E-state index in [0.29, 0.717) is 6.42 Å².